The number of rotatable bonds is 4. The lowest BCUT2D eigenvalue weighted by Crippen LogP contribution is -2.42. The summed E-state index contributed by atoms with van der Waals surface area (Å²) in [5.41, 5.74) is 2.82. The standard InChI is InChI=1S/C28H35FN2O3/c1-28(2,3)34-27(33)30-17-14-20(15-18-30)8-13-25(32)31-19-16-21-6-4-5-7-24(21)26(31)22-9-11-23(29)12-10-22/h4-7,9-12,20,26H,8,13-19H2,1-3H3/t26-/m0/s1. The first kappa shape index (κ1) is 24.2. The van der Waals surface area contributed by atoms with Crippen molar-refractivity contribution in [1.82, 2.24) is 9.80 Å². The zero-order valence-electron chi connectivity index (χ0n) is 20.4. The largest absolute Gasteiger partial charge is 0.444 e. The average molecular weight is 467 g/mol. The van der Waals surface area contributed by atoms with E-state index in [1.54, 1.807) is 17.0 Å². The molecule has 1 saturated heterocycles. The fraction of sp³-hybridized carbons (Fsp3) is 0.500. The van der Waals surface area contributed by atoms with Gasteiger partial charge in [-0.2, -0.15) is 0 Å². The molecule has 2 heterocycles. The van der Waals surface area contributed by atoms with Crippen LogP contribution in [0.5, 0.6) is 0 Å². The average Bonchev–Trinajstić information content (AvgIpc) is 2.81. The number of carbonyl (C=O) groups is 2. The van der Waals surface area contributed by atoms with Crippen LogP contribution >= 0.6 is 0 Å². The van der Waals surface area contributed by atoms with E-state index in [0.717, 1.165) is 36.8 Å². The van der Waals surface area contributed by atoms with Crippen LogP contribution < -0.4 is 0 Å². The Morgan fingerprint density at radius 3 is 2.35 bits per heavy atom. The van der Waals surface area contributed by atoms with E-state index in [4.69, 9.17) is 4.74 Å². The highest BCUT2D eigenvalue weighted by Gasteiger charge is 2.33. The molecule has 0 bridgehead atoms. The summed E-state index contributed by atoms with van der Waals surface area (Å²) in [5, 5.41) is 0. The van der Waals surface area contributed by atoms with Gasteiger partial charge in [-0.05, 0) is 81.2 Å². The summed E-state index contributed by atoms with van der Waals surface area (Å²) in [6.07, 6.45) is 3.64. The SMILES string of the molecule is CC(C)(C)OC(=O)N1CCC(CCC(=O)N2CCc3ccccc3[C@@H]2c2ccc(F)cc2)CC1. The highest BCUT2D eigenvalue weighted by atomic mass is 19.1. The van der Waals surface area contributed by atoms with E-state index in [9.17, 15) is 14.0 Å². The minimum Gasteiger partial charge on any atom is -0.444 e. The van der Waals surface area contributed by atoms with E-state index in [0.29, 0.717) is 32.0 Å². The van der Waals surface area contributed by atoms with Crippen molar-refractivity contribution in [2.24, 2.45) is 5.92 Å². The number of halogens is 1. The van der Waals surface area contributed by atoms with E-state index < -0.39 is 5.60 Å². The molecule has 0 unspecified atom stereocenters. The number of hydrogen-bond acceptors (Lipinski definition) is 3. The first-order valence-electron chi connectivity index (χ1n) is 12.3. The summed E-state index contributed by atoms with van der Waals surface area (Å²) < 4.78 is 19.1. The Labute approximate surface area is 201 Å². The fourth-order valence-corrected chi connectivity index (χ4v) is 5.04. The second-order valence-electron chi connectivity index (χ2n) is 10.4. The van der Waals surface area contributed by atoms with Gasteiger partial charge >= 0.3 is 6.09 Å². The molecule has 0 radical (unpaired) electrons. The Bertz CT molecular complexity index is 1010. The normalized spacial score (nSPS) is 19.0. The van der Waals surface area contributed by atoms with Crippen molar-refractivity contribution in [1.29, 1.82) is 0 Å². The predicted molar refractivity (Wildman–Crippen MR) is 130 cm³/mol. The van der Waals surface area contributed by atoms with Gasteiger partial charge < -0.3 is 14.5 Å². The summed E-state index contributed by atoms with van der Waals surface area (Å²) in [6.45, 7) is 7.63. The van der Waals surface area contributed by atoms with Gasteiger partial charge in [0, 0.05) is 26.1 Å². The van der Waals surface area contributed by atoms with Gasteiger partial charge in [-0.3, -0.25) is 4.79 Å². The molecule has 0 spiro atoms. The van der Waals surface area contributed by atoms with Crippen LogP contribution in [-0.2, 0) is 16.0 Å². The van der Waals surface area contributed by atoms with Crippen LogP contribution in [0.3, 0.4) is 0 Å². The molecule has 2 aromatic rings. The maximum absolute atomic E-state index is 13.6. The number of piperidine rings is 1. The second kappa shape index (κ2) is 10.2. The van der Waals surface area contributed by atoms with Gasteiger partial charge in [0.2, 0.25) is 5.91 Å². The van der Waals surface area contributed by atoms with Gasteiger partial charge in [-0.25, -0.2) is 9.18 Å². The summed E-state index contributed by atoms with van der Waals surface area (Å²) in [6, 6.07) is 14.5. The van der Waals surface area contributed by atoms with Crippen LogP contribution in [0.2, 0.25) is 0 Å². The van der Waals surface area contributed by atoms with E-state index in [-0.39, 0.29) is 23.9 Å². The summed E-state index contributed by atoms with van der Waals surface area (Å²) in [5.74, 6) is 0.283. The lowest BCUT2D eigenvalue weighted by atomic mass is 9.87. The number of fused-ring (bicyclic) bond motifs is 1. The van der Waals surface area contributed by atoms with Crippen LogP contribution in [0.15, 0.2) is 48.5 Å². The Morgan fingerprint density at radius 2 is 1.68 bits per heavy atom. The van der Waals surface area contributed by atoms with E-state index >= 15 is 0 Å². The number of likely N-dealkylation sites (tertiary alicyclic amines) is 1. The predicted octanol–water partition coefficient (Wildman–Crippen LogP) is 5.73. The fourth-order valence-electron chi connectivity index (χ4n) is 5.04. The number of ether oxygens (including phenoxy) is 1. The lowest BCUT2D eigenvalue weighted by Gasteiger charge is -2.38. The molecule has 2 aliphatic heterocycles. The topological polar surface area (TPSA) is 49.9 Å². The third kappa shape index (κ3) is 5.78. The second-order valence-corrected chi connectivity index (χ2v) is 10.4. The summed E-state index contributed by atoms with van der Waals surface area (Å²) >= 11 is 0. The highest BCUT2D eigenvalue weighted by Crippen LogP contribution is 2.36. The molecule has 34 heavy (non-hydrogen) atoms. The summed E-state index contributed by atoms with van der Waals surface area (Å²) in [4.78, 5) is 29.4. The third-order valence-corrected chi connectivity index (χ3v) is 6.82. The molecule has 0 saturated carbocycles. The Balaban J connectivity index is 1.38. The lowest BCUT2D eigenvalue weighted by molar-refractivity contribution is -0.133. The minimum absolute atomic E-state index is 0.137. The van der Waals surface area contributed by atoms with Crippen LogP contribution in [0.1, 0.15) is 69.2 Å². The molecule has 2 aromatic carbocycles. The van der Waals surface area contributed by atoms with Gasteiger partial charge in [-0.15, -0.1) is 0 Å². The van der Waals surface area contributed by atoms with Crippen LogP contribution in [0, 0.1) is 11.7 Å². The molecule has 4 rings (SSSR count). The molecular weight excluding hydrogens is 431 g/mol. The zero-order chi connectivity index (χ0) is 24.3. The third-order valence-electron chi connectivity index (χ3n) is 6.82. The van der Waals surface area contributed by atoms with Gasteiger partial charge in [0.1, 0.15) is 11.4 Å². The molecule has 182 valence electrons. The molecule has 1 fully saturated rings. The smallest absolute Gasteiger partial charge is 0.410 e. The molecule has 0 N–H and O–H groups in total. The summed E-state index contributed by atoms with van der Waals surface area (Å²) in [7, 11) is 0. The Morgan fingerprint density at radius 1 is 1.00 bits per heavy atom. The number of benzene rings is 2. The molecule has 2 aliphatic rings. The number of hydrogen-bond donors (Lipinski definition) is 0. The van der Waals surface area contributed by atoms with E-state index in [2.05, 4.69) is 12.1 Å². The first-order valence-corrected chi connectivity index (χ1v) is 12.3. The molecule has 0 aliphatic carbocycles. The molecule has 0 aromatic heterocycles. The quantitative estimate of drug-likeness (QED) is 0.578. The highest BCUT2D eigenvalue weighted by molar-refractivity contribution is 5.78. The monoisotopic (exact) mass is 466 g/mol. The number of amides is 2. The van der Waals surface area contributed by atoms with Crippen molar-refractivity contribution < 1.29 is 18.7 Å². The van der Waals surface area contributed by atoms with Crippen molar-refractivity contribution in [3.8, 4) is 0 Å². The maximum Gasteiger partial charge on any atom is 0.410 e. The zero-order valence-corrected chi connectivity index (χ0v) is 20.4. The van der Waals surface area contributed by atoms with Gasteiger partial charge in [0.25, 0.3) is 0 Å². The molecular formula is C28H35FN2O3. The van der Waals surface area contributed by atoms with Crippen molar-refractivity contribution >= 4 is 12.0 Å². The first-order chi connectivity index (χ1) is 16.2. The Hall–Kier alpha value is -2.89. The van der Waals surface area contributed by atoms with E-state index in [1.165, 1.54) is 17.7 Å². The Kier molecular flexibility index (Phi) is 7.24. The van der Waals surface area contributed by atoms with Gasteiger partial charge in [0.15, 0.2) is 0 Å². The van der Waals surface area contributed by atoms with Crippen LogP contribution in [0.25, 0.3) is 0 Å². The van der Waals surface area contributed by atoms with Gasteiger partial charge in [-0.1, -0.05) is 36.4 Å². The van der Waals surface area contributed by atoms with Crippen LogP contribution in [-0.4, -0.2) is 47.0 Å². The van der Waals surface area contributed by atoms with Crippen molar-refractivity contribution in [3.63, 3.8) is 0 Å². The maximum atomic E-state index is 13.6. The van der Waals surface area contributed by atoms with Crippen LogP contribution in [0.4, 0.5) is 9.18 Å². The molecule has 1 atom stereocenters. The molecule has 2 amide bonds. The van der Waals surface area contributed by atoms with Crippen molar-refractivity contribution in [2.75, 3.05) is 19.6 Å². The van der Waals surface area contributed by atoms with Gasteiger partial charge in [0.05, 0.1) is 6.04 Å². The molecule has 6 heteroatoms. The minimum atomic E-state index is -0.492. The molecule has 5 nitrogen and oxygen atoms in total. The van der Waals surface area contributed by atoms with E-state index in [1.807, 2.05) is 37.8 Å². The number of nitrogens with zero attached hydrogens (tertiary/aromatic N) is 2. The van der Waals surface area contributed by atoms with Crippen molar-refractivity contribution in [3.05, 3.63) is 71.0 Å². The van der Waals surface area contributed by atoms with Crippen molar-refractivity contribution in [2.45, 2.75) is 64.5 Å². The number of carbonyl (C=O) groups excluding carboxylic acids is 2.